The van der Waals surface area contributed by atoms with Crippen molar-refractivity contribution in [1.82, 2.24) is 4.90 Å². The van der Waals surface area contributed by atoms with E-state index in [0.29, 0.717) is 19.4 Å². The summed E-state index contributed by atoms with van der Waals surface area (Å²) in [6.45, 7) is 5.25. The van der Waals surface area contributed by atoms with Crippen LogP contribution in [0.2, 0.25) is 0 Å². The third-order valence-electron chi connectivity index (χ3n) is 3.38. The molecule has 0 aromatic carbocycles. The molecule has 2 atom stereocenters. The van der Waals surface area contributed by atoms with Crippen LogP contribution in [0, 0.1) is 0 Å². The fraction of sp³-hybridized carbons (Fsp3) is 0.917. The molecule has 0 aromatic heterocycles. The van der Waals surface area contributed by atoms with Crippen LogP contribution in [0.3, 0.4) is 0 Å². The molecule has 1 aliphatic rings. The smallest absolute Gasteiger partial charge is 0.224 e. The summed E-state index contributed by atoms with van der Waals surface area (Å²) in [6.07, 6.45) is 3.58. The molecule has 1 saturated heterocycles. The number of nitrogens with zero attached hydrogens (tertiary/aromatic N) is 1. The standard InChI is InChI=1S/C12H24N2O2/c1-3-10(13)9-11(15)14-7-4-5-12(2,16)6-8-14/h10,16H,3-9,13H2,1-2H3. The van der Waals surface area contributed by atoms with Gasteiger partial charge in [0.1, 0.15) is 0 Å². The van der Waals surface area contributed by atoms with E-state index in [-0.39, 0.29) is 11.9 Å². The normalized spacial score (nSPS) is 28.6. The third-order valence-corrected chi connectivity index (χ3v) is 3.38. The van der Waals surface area contributed by atoms with Gasteiger partial charge in [-0.05, 0) is 32.6 Å². The van der Waals surface area contributed by atoms with Gasteiger partial charge < -0.3 is 15.7 Å². The van der Waals surface area contributed by atoms with Gasteiger partial charge in [-0.15, -0.1) is 0 Å². The molecule has 1 heterocycles. The van der Waals surface area contributed by atoms with E-state index in [1.165, 1.54) is 0 Å². The molecule has 4 nitrogen and oxygen atoms in total. The van der Waals surface area contributed by atoms with Crippen molar-refractivity contribution in [2.24, 2.45) is 5.73 Å². The summed E-state index contributed by atoms with van der Waals surface area (Å²) >= 11 is 0. The van der Waals surface area contributed by atoms with Gasteiger partial charge in [0.15, 0.2) is 0 Å². The van der Waals surface area contributed by atoms with Crippen LogP contribution >= 0.6 is 0 Å². The molecule has 3 N–H and O–H groups in total. The minimum Gasteiger partial charge on any atom is -0.390 e. The summed E-state index contributed by atoms with van der Waals surface area (Å²) in [6, 6.07) is -0.0312. The highest BCUT2D eigenvalue weighted by Crippen LogP contribution is 2.21. The van der Waals surface area contributed by atoms with Gasteiger partial charge >= 0.3 is 0 Å². The third kappa shape index (κ3) is 4.10. The maximum Gasteiger partial charge on any atom is 0.224 e. The fourth-order valence-electron chi connectivity index (χ4n) is 2.01. The Kier molecular flexibility index (Phi) is 4.74. The minimum absolute atomic E-state index is 0.0312. The van der Waals surface area contributed by atoms with Crippen LogP contribution in [0.4, 0.5) is 0 Å². The highest BCUT2D eigenvalue weighted by Gasteiger charge is 2.27. The Morgan fingerprint density at radius 1 is 1.50 bits per heavy atom. The predicted molar refractivity (Wildman–Crippen MR) is 63.9 cm³/mol. The molecule has 1 fully saturated rings. The Bertz CT molecular complexity index is 241. The zero-order chi connectivity index (χ0) is 12.2. The summed E-state index contributed by atoms with van der Waals surface area (Å²) in [5.41, 5.74) is 5.17. The molecular weight excluding hydrogens is 204 g/mol. The van der Waals surface area contributed by atoms with E-state index in [2.05, 4.69) is 0 Å². The summed E-state index contributed by atoms with van der Waals surface area (Å²) in [4.78, 5) is 13.7. The van der Waals surface area contributed by atoms with Crippen LogP contribution in [0.5, 0.6) is 0 Å². The van der Waals surface area contributed by atoms with Gasteiger partial charge in [0.25, 0.3) is 0 Å². The maximum atomic E-state index is 11.9. The van der Waals surface area contributed by atoms with E-state index >= 15 is 0 Å². The van der Waals surface area contributed by atoms with Gasteiger partial charge in [-0.25, -0.2) is 0 Å². The first kappa shape index (κ1) is 13.5. The number of carbonyl (C=O) groups excluding carboxylic acids is 1. The van der Waals surface area contributed by atoms with Crippen molar-refractivity contribution in [3.05, 3.63) is 0 Å². The van der Waals surface area contributed by atoms with Gasteiger partial charge in [0.05, 0.1) is 5.60 Å². The number of amides is 1. The molecule has 16 heavy (non-hydrogen) atoms. The zero-order valence-corrected chi connectivity index (χ0v) is 10.4. The number of nitrogens with two attached hydrogens (primary N) is 1. The van der Waals surface area contributed by atoms with Crippen molar-refractivity contribution in [1.29, 1.82) is 0 Å². The second kappa shape index (κ2) is 5.64. The number of rotatable bonds is 3. The van der Waals surface area contributed by atoms with Gasteiger partial charge in [0.2, 0.25) is 5.91 Å². The molecule has 2 unspecified atom stereocenters. The van der Waals surface area contributed by atoms with Crippen LogP contribution in [-0.2, 0) is 4.79 Å². The molecule has 94 valence electrons. The summed E-state index contributed by atoms with van der Waals surface area (Å²) in [5.74, 6) is 0.132. The second-order valence-electron chi connectivity index (χ2n) is 5.10. The van der Waals surface area contributed by atoms with Crippen LogP contribution in [-0.4, -0.2) is 40.6 Å². The number of carbonyl (C=O) groups is 1. The van der Waals surface area contributed by atoms with Gasteiger partial charge in [0, 0.05) is 25.6 Å². The van der Waals surface area contributed by atoms with Crippen molar-refractivity contribution in [2.75, 3.05) is 13.1 Å². The van der Waals surface area contributed by atoms with Crippen molar-refractivity contribution in [2.45, 2.75) is 57.6 Å². The first-order chi connectivity index (χ1) is 7.44. The second-order valence-corrected chi connectivity index (χ2v) is 5.10. The first-order valence-corrected chi connectivity index (χ1v) is 6.20. The molecular formula is C12H24N2O2. The lowest BCUT2D eigenvalue weighted by molar-refractivity contribution is -0.131. The fourth-order valence-corrected chi connectivity index (χ4v) is 2.01. The van der Waals surface area contributed by atoms with Crippen molar-refractivity contribution in [3.63, 3.8) is 0 Å². The van der Waals surface area contributed by atoms with Gasteiger partial charge in [-0.2, -0.15) is 0 Å². The van der Waals surface area contributed by atoms with Crippen molar-refractivity contribution >= 4 is 5.91 Å². The monoisotopic (exact) mass is 228 g/mol. The van der Waals surface area contributed by atoms with E-state index in [4.69, 9.17) is 5.73 Å². The highest BCUT2D eigenvalue weighted by atomic mass is 16.3. The molecule has 4 heteroatoms. The average Bonchev–Trinajstić information content (AvgIpc) is 2.39. The quantitative estimate of drug-likeness (QED) is 0.753. The van der Waals surface area contributed by atoms with Crippen molar-refractivity contribution < 1.29 is 9.90 Å². The molecule has 0 bridgehead atoms. The van der Waals surface area contributed by atoms with Gasteiger partial charge in [-0.1, -0.05) is 6.92 Å². The highest BCUT2D eigenvalue weighted by molar-refractivity contribution is 5.76. The number of hydrogen-bond acceptors (Lipinski definition) is 3. The number of hydrogen-bond donors (Lipinski definition) is 2. The number of likely N-dealkylation sites (tertiary alicyclic amines) is 1. The molecule has 0 saturated carbocycles. The summed E-state index contributed by atoms with van der Waals surface area (Å²) < 4.78 is 0. The number of aliphatic hydroxyl groups is 1. The first-order valence-electron chi connectivity index (χ1n) is 6.20. The Morgan fingerprint density at radius 2 is 2.19 bits per heavy atom. The van der Waals surface area contributed by atoms with Crippen molar-refractivity contribution in [3.8, 4) is 0 Å². The molecule has 0 radical (unpaired) electrons. The Hall–Kier alpha value is -0.610. The molecule has 0 spiro atoms. The van der Waals surface area contributed by atoms with E-state index in [1.54, 1.807) is 0 Å². The molecule has 0 aliphatic carbocycles. The largest absolute Gasteiger partial charge is 0.390 e. The van der Waals surface area contributed by atoms with E-state index in [1.807, 2.05) is 18.7 Å². The van der Waals surface area contributed by atoms with Gasteiger partial charge in [-0.3, -0.25) is 4.79 Å². The summed E-state index contributed by atoms with van der Waals surface area (Å²) in [7, 11) is 0. The van der Waals surface area contributed by atoms with Crippen LogP contribution in [0.25, 0.3) is 0 Å². The Labute approximate surface area is 97.8 Å². The lowest BCUT2D eigenvalue weighted by Gasteiger charge is -2.23. The topological polar surface area (TPSA) is 66.6 Å². The lowest BCUT2D eigenvalue weighted by Crippen LogP contribution is -2.37. The van der Waals surface area contributed by atoms with Crippen LogP contribution in [0.15, 0.2) is 0 Å². The minimum atomic E-state index is -0.609. The SMILES string of the molecule is CCC(N)CC(=O)N1CCCC(C)(O)CC1. The van der Waals surface area contributed by atoms with Crippen LogP contribution < -0.4 is 5.73 Å². The predicted octanol–water partition coefficient (Wildman–Crippen LogP) is 0.877. The molecule has 1 amide bonds. The molecule has 1 aliphatic heterocycles. The zero-order valence-electron chi connectivity index (χ0n) is 10.4. The Balaban J connectivity index is 2.45. The Morgan fingerprint density at radius 3 is 2.81 bits per heavy atom. The van der Waals surface area contributed by atoms with E-state index < -0.39 is 5.60 Å². The lowest BCUT2D eigenvalue weighted by atomic mass is 9.98. The van der Waals surface area contributed by atoms with E-state index in [0.717, 1.165) is 25.8 Å². The summed E-state index contributed by atoms with van der Waals surface area (Å²) in [5, 5.41) is 9.92. The maximum absolute atomic E-state index is 11.9. The van der Waals surface area contributed by atoms with Crippen LogP contribution in [0.1, 0.15) is 46.0 Å². The van der Waals surface area contributed by atoms with E-state index in [9.17, 15) is 9.90 Å². The average molecular weight is 228 g/mol. The molecule has 1 rings (SSSR count). The molecule has 0 aromatic rings.